The predicted octanol–water partition coefficient (Wildman–Crippen LogP) is 4.02. The summed E-state index contributed by atoms with van der Waals surface area (Å²) in [6, 6.07) is 7.22. The van der Waals surface area contributed by atoms with Crippen LogP contribution >= 0.6 is 11.6 Å². The van der Waals surface area contributed by atoms with Crippen molar-refractivity contribution in [2.75, 3.05) is 23.3 Å². The Morgan fingerprint density at radius 1 is 1.30 bits per heavy atom. The lowest BCUT2D eigenvalue weighted by atomic mass is 10.0. The van der Waals surface area contributed by atoms with E-state index in [1.807, 2.05) is 34.0 Å². The number of carbonyl (C=O) groups is 1. The molecule has 1 amide bonds. The number of hydrogen-bond acceptors (Lipinski definition) is 4. The number of benzene rings is 1. The number of carbonyl (C=O) groups excluding carboxylic acids is 1. The van der Waals surface area contributed by atoms with Gasteiger partial charge in [-0.1, -0.05) is 23.7 Å². The van der Waals surface area contributed by atoms with Gasteiger partial charge in [-0.2, -0.15) is 5.10 Å². The van der Waals surface area contributed by atoms with E-state index in [0.29, 0.717) is 23.9 Å². The highest BCUT2D eigenvalue weighted by molar-refractivity contribution is 6.30. The molecule has 6 nitrogen and oxygen atoms in total. The quantitative estimate of drug-likeness (QED) is 0.737. The molecule has 0 radical (unpaired) electrons. The zero-order chi connectivity index (χ0) is 19.0. The highest BCUT2D eigenvalue weighted by atomic mass is 35.5. The molecule has 2 aromatic heterocycles. The summed E-state index contributed by atoms with van der Waals surface area (Å²) in [4.78, 5) is 17.6. The molecule has 0 bridgehead atoms. The number of para-hydroxylation sites is 1. The van der Waals surface area contributed by atoms with E-state index in [1.165, 1.54) is 19.2 Å². The number of rotatable bonds is 3. The lowest BCUT2D eigenvalue weighted by molar-refractivity contribution is -0.114. The van der Waals surface area contributed by atoms with Crippen molar-refractivity contribution in [2.24, 2.45) is 0 Å². The molecule has 1 N–H and O–H groups in total. The Morgan fingerprint density at radius 2 is 2.07 bits per heavy atom. The van der Waals surface area contributed by atoms with Crippen LogP contribution in [0.2, 0.25) is 5.02 Å². The molecule has 0 aliphatic carbocycles. The molecule has 27 heavy (non-hydrogen) atoms. The van der Waals surface area contributed by atoms with Gasteiger partial charge in [0, 0.05) is 31.6 Å². The molecular formula is C19H19ClFN5O. The number of anilines is 2. The minimum absolute atomic E-state index is 0.116. The van der Waals surface area contributed by atoms with Crippen LogP contribution in [0.1, 0.15) is 25.8 Å². The van der Waals surface area contributed by atoms with Gasteiger partial charge in [-0.3, -0.25) is 9.48 Å². The van der Waals surface area contributed by atoms with Gasteiger partial charge in [0.1, 0.15) is 0 Å². The Balaban J connectivity index is 1.57. The van der Waals surface area contributed by atoms with Gasteiger partial charge in [-0.15, -0.1) is 0 Å². The first-order valence-corrected chi connectivity index (χ1v) is 9.20. The van der Waals surface area contributed by atoms with Crippen molar-refractivity contribution >= 4 is 39.9 Å². The van der Waals surface area contributed by atoms with Crippen molar-refractivity contribution < 1.29 is 9.18 Å². The molecule has 0 atom stereocenters. The average molecular weight is 388 g/mol. The molecule has 0 unspecified atom stereocenters. The molecule has 8 heteroatoms. The molecule has 1 aliphatic rings. The lowest BCUT2D eigenvalue weighted by Gasteiger charge is -2.33. The van der Waals surface area contributed by atoms with E-state index < -0.39 is 5.82 Å². The molecule has 1 aliphatic heterocycles. The molecule has 4 rings (SSSR count). The number of aromatic nitrogens is 3. The first-order chi connectivity index (χ1) is 13.0. The highest BCUT2D eigenvalue weighted by Crippen LogP contribution is 2.32. The molecule has 1 fully saturated rings. The zero-order valence-corrected chi connectivity index (χ0v) is 15.6. The van der Waals surface area contributed by atoms with Crippen molar-refractivity contribution in [3.05, 3.63) is 47.5 Å². The van der Waals surface area contributed by atoms with E-state index in [9.17, 15) is 9.18 Å². The average Bonchev–Trinajstić information content (AvgIpc) is 3.07. The van der Waals surface area contributed by atoms with E-state index >= 15 is 0 Å². The predicted molar refractivity (Wildman–Crippen MR) is 104 cm³/mol. The van der Waals surface area contributed by atoms with Gasteiger partial charge < -0.3 is 10.2 Å². The van der Waals surface area contributed by atoms with E-state index in [-0.39, 0.29) is 11.9 Å². The largest absolute Gasteiger partial charge is 0.354 e. The zero-order valence-electron chi connectivity index (χ0n) is 14.8. The summed E-state index contributed by atoms with van der Waals surface area (Å²) in [5.74, 6) is -0.185. The van der Waals surface area contributed by atoms with Crippen molar-refractivity contribution in [3.8, 4) is 0 Å². The van der Waals surface area contributed by atoms with Crippen LogP contribution in [-0.2, 0) is 4.79 Å². The maximum Gasteiger partial charge on any atom is 0.221 e. The van der Waals surface area contributed by atoms with E-state index in [4.69, 9.17) is 11.6 Å². The first-order valence-electron chi connectivity index (χ1n) is 8.83. The normalized spacial score (nSPS) is 15.3. The van der Waals surface area contributed by atoms with Gasteiger partial charge in [0.05, 0.1) is 28.5 Å². The second-order valence-corrected chi connectivity index (χ2v) is 7.13. The standard InChI is InChI=1S/C19H19ClFN5O/c1-12(27)24-17-4-2-3-13-10-23-26(18(13)17)15-5-7-25(8-6-15)19-16(21)9-14(20)11-22-19/h2-4,9-11,15H,5-8H2,1H3,(H,24,27). The molecule has 3 aromatic rings. The van der Waals surface area contributed by atoms with Crippen LogP contribution in [0.3, 0.4) is 0 Å². The number of hydrogen-bond donors (Lipinski definition) is 1. The minimum Gasteiger partial charge on any atom is -0.354 e. The third-order valence-corrected chi connectivity index (χ3v) is 5.03. The monoisotopic (exact) mass is 387 g/mol. The smallest absolute Gasteiger partial charge is 0.221 e. The maximum atomic E-state index is 14.1. The molecular weight excluding hydrogens is 369 g/mol. The van der Waals surface area contributed by atoms with Crippen LogP contribution in [0, 0.1) is 5.82 Å². The van der Waals surface area contributed by atoms with Gasteiger partial charge in [0.2, 0.25) is 5.91 Å². The van der Waals surface area contributed by atoms with Gasteiger partial charge in [-0.25, -0.2) is 9.37 Å². The fourth-order valence-electron chi connectivity index (χ4n) is 3.63. The van der Waals surface area contributed by atoms with Crippen LogP contribution in [0.15, 0.2) is 36.7 Å². The number of nitrogens with one attached hydrogen (secondary N) is 1. The Kier molecular flexibility index (Phi) is 4.70. The second kappa shape index (κ2) is 7.15. The van der Waals surface area contributed by atoms with Gasteiger partial charge in [-0.05, 0) is 25.0 Å². The maximum absolute atomic E-state index is 14.1. The van der Waals surface area contributed by atoms with Crippen molar-refractivity contribution in [3.63, 3.8) is 0 Å². The fourth-order valence-corrected chi connectivity index (χ4v) is 3.78. The lowest BCUT2D eigenvalue weighted by Crippen LogP contribution is -2.36. The summed E-state index contributed by atoms with van der Waals surface area (Å²) in [7, 11) is 0. The van der Waals surface area contributed by atoms with Gasteiger partial charge >= 0.3 is 0 Å². The van der Waals surface area contributed by atoms with Crippen LogP contribution in [-0.4, -0.2) is 33.8 Å². The number of amides is 1. The number of halogens is 2. The topological polar surface area (TPSA) is 63.1 Å². The Labute approximate surface area is 160 Å². The molecule has 140 valence electrons. The van der Waals surface area contributed by atoms with Crippen molar-refractivity contribution in [1.29, 1.82) is 0 Å². The SMILES string of the molecule is CC(=O)Nc1cccc2cnn(C3CCN(c4ncc(Cl)cc4F)CC3)c12. The molecule has 1 saturated heterocycles. The van der Waals surface area contributed by atoms with Crippen LogP contribution < -0.4 is 10.2 Å². The van der Waals surface area contributed by atoms with Gasteiger partial charge in [0.25, 0.3) is 0 Å². The molecule has 3 heterocycles. The third kappa shape index (κ3) is 3.47. The third-order valence-electron chi connectivity index (χ3n) is 4.83. The highest BCUT2D eigenvalue weighted by Gasteiger charge is 2.25. The van der Waals surface area contributed by atoms with Gasteiger partial charge in [0.15, 0.2) is 11.6 Å². The van der Waals surface area contributed by atoms with E-state index in [0.717, 1.165) is 29.4 Å². The first kappa shape index (κ1) is 17.7. The summed E-state index contributed by atoms with van der Waals surface area (Å²) in [5.41, 5.74) is 1.67. The van der Waals surface area contributed by atoms with E-state index in [1.54, 1.807) is 0 Å². The van der Waals surface area contributed by atoms with Crippen molar-refractivity contribution in [1.82, 2.24) is 14.8 Å². The van der Waals surface area contributed by atoms with E-state index in [2.05, 4.69) is 15.4 Å². The summed E-state index contributed by atoms with van der Waals surface area (Å²) in [5, 5.41) is 8.70. The number of nitrogens with zero attached hydrogens (tertiary/aromatic N) is 4. The Morgan fingerprint density at radius 3 is 2.78 bits per heavy atom. The fraction of sp³-hybridized carbons (Fsp3) is 0.316. The summed E-state index contributed by atoms with van der Waals surface area (Å²) in [6.07, 6.45) is 4.88. The Hall–Kier alpha value is -2.67. The molecule has 0 spiro atoms. The van der Waals surface area contributed by atoms with Crippen molar-refractivity contribution in [2.45, 2.75) is 25.8 Å². The van der Waals surface area contributed by atoms with Crippen LogP contribution in [0.5, 0.6) is 0 Å². The van der Waals surface area contributed by atoms with Crippen LogP contribution in [0.25, 0.3) is 10.9 Å². The number of fused-ring (bicyclic) bond motifs is 1. The Bertz CT molecular complexity index is 997. The summed E-state index contributed by atoms with van der Waals surface area (Å²) < 4.78 is 16.1. The second-order valence-electron chi connectivity index (χ2n) is 6.69. The molecule has 1 aromatic carbocycles. The summed E-state index contributed by atoms with van der Waals surface area (Å²) >= 11 is 5.79. The summed E-state index contributed by atoms with van der Waals surface area (Å²) in [6.45, 7) is 2.82. The number of piperidine rings is 1. The minimum atomic E-state index is -0.404. The molecule has 0 saturated carbocycles. The number of pyridine rings is 1. The van der Waals surface area contributed by atoms with Crippen LogP contribution in [0.4, 0.5) is 15.9 Å².